The second kappa shape index (κ2) is 6.18. The van der Waals surface area contributed by atoms with Gasteiger partial charge in [-0.25, -0.2) is 0 Å². The lowest BCUT2D eigenvalue weighted by atomic mass is 10.0. The maximum absolute atomic E-state index is 12.7. The number of carbonyl (C=O) groups excluding carboxylic acids is 1. The van der Waals surface area contributed by atoms with Gasteiger partial charge in [-0.1, -0.05) is 43.2 Å². The molecular formula is C18H26N2O. The zero-order valence-electron chi connectivity index (χ0n) is 12.8. The normalized spacial score (nSPS) is 22.4. The molecule has 3 rings (SSSR count). The van der Waals surface area contributed by atoms with E-state index in [2.05, 4.69) is 24.3 Å². The predicted octanol–water partition coefficient (Wildman–Crippen LogP) is 2.60. The summed E-state index contributed by atoms with van der Waals surface area (Å²) in [6.45, 7) is 2.05. The van der Waals surface area contributed by atoms with Gasteiger partial charge in [0.15, 0.2) is 0 Å². The number of rotatable bonds is 6. The van der Waals surface area contributed by atoms with E-state index < -0.39 is 0 Å². The van der Waals surface area contributed by atoms with E-state index >= 15 is 0 Å². The largest absolute Gasteiger partial charge is 0.341 e. The van der Waals surface area contributed by atoms with Gasteiger partial charge in [0.1, 0.15) is 0 Å². The zero-order valence-corrected chi connectivity index (χ0v) is 12.8. The van der Waals surface area contributed by atoms with Gasteiger partial charge in [-0.15, -0.1) is 0 Å². The molecule has 1 amide bonds. The van der Waals surface area contributed by atoms with Crippen molar-refractivity contribution in [3.05, 3.63) is 35.9 Å². The Labute approximate surface area is 127 Å². The first kappa shape index (κ1) is 14.6. The fraction of sp³-hybridized carbons (Fsp3) is 0.611. The van der Waals surface area contributed by atoms with Gasteiger partial charge in [0.2, 0.25) is 5.91 Å². The van der Waals surface area contributed by atoms with Crippen LogP contribution in [-0.4, -0.2) is 30.4 Å². The summed E-state index contributed by atoms with van der Waals surface area (Å²) in [6, 6.07) is 10.4. The lowest BCUT2D eigenvalue weighted by Crippen LogP contribution is -2.38. The van der Waals surface area contributed by atoms with E-state index in [1.165, 1.54) is 31.2 Å². The smallest absolute Gasteiger partial charge is 0.226 e. The summed E-state index contributed by atoms with van der Waals surface area (Å²) in [6.07, 6.45) is 7.19. The standard InChI is InChI=1S/C18H26N2O/c19-11-13-20(12-8-15-6-2-1-3-7-15)17(21)16-14-18(16)9-4-5-10-18/h1-3,6-7,16H,4-5,8-14,19H2. The van der Waals surface area contributed by atoms with E-state index in [0.717, 1.165) is 19.4 Å². The third-order valence-electron chi connectivity index (χ3n) is 5.31. The van der Waals surface area contributed by atoms with Crippen LogP contribution in [0.5, 0.6) is 0 Å². The van der Waals surface area contributed by atoms with Crippen LogP contribution in [0.15, 0.2) is 30.3 Å². The molecule has 21 heavy (non-hydrogen) atoms. The maximum Gasteiger partial charge on any atom is 0.226 e. The van der Waals surface area contributed by atoms with Gasteiger partial charge in [-0.3, -0.25) is 4.79 Å². The van der Waals surface area contributed by atoms with Crippen LogP contribution in [0.2, 0.25) is 0 Å². The van der Waals surface area contributed by atoms with Gasteiger partial charge in [-0.05, 0) is 36.7 Å². The zero-order chi connectivity index (χ0) is 14.7. The Balaban J connectivity index is 1.58. The number of hydrogen-bond acceptors (Lipinski definition) is 2. The summed E-state index contributed by atoms with van der Waals surface area (Å²) in [4.78, 5) is 14.8. The van der Waals surface area contributed by atoms with Crippen molar-refractivity contribution in [2.24, 2.45) is 17.1 Å². The molecule has 1 aromatic rings. The van der Waals surface area contributed by atoms with Gasteiger partial charge < -0.3 is 10.6 Å². The molecule has 0 aliphatic heterocycles. The Hall–Kier alpha value is -1.35. The molecule has 3 heteroatoms. The first-order chi connectivity index (χ1) is 10.2. The minimum absolute atomic E-state index is 0.294. The number of benzene rings is 1. The first-order valence-electron chi connectivity index (χ1n) is 8.28. The molecule has 2 fully saturated rings. The molecule has 2 saturated carbocycles. The van der Waals surface area contributed by atoms with E-state index in [-0.39, 0.29) is 0 Å². The van der Waals surface area contributed by atoms with Crippen molar-refractivity contribution in [3.8, 4) is 0 Å². The molecule has 0 saturated heterocycles. The molecule has 3 nitrogen and oxygen atoms in total. The van der Waals surface area contributed by atoms with E-state index in [9.17, 15) is 4.79 Å². The van der Waals surface area contributed by atoms with E-state index in [0.29, 0.717) is 30.3 Å². The Kier molecular flexibility index (Phi) is 4.29. The predicted molar refractivity (Wildman–Crippen MR) is 84.8 cm³/mol. The average Bonchev–Trinajstić information content (AvgIpc) is 3.01. The van der Waals surface area contributed by atoms with Crippen LogP contribution in [0.3, 0.4) is 0 Å². The maximum atomic E-state index is 12.7. The molecule has 2 N–H and O–H groups in total. The molecule has 0 heterocycles. The lowest BCUT2D eigenvalue weighted by molar-refractivity contribution is -0.133. The monoisotopic (exact) mass is 286 g/mol. The Bertz CT molecular complexity index is 479. The summed E-state index contributed by atoms with van der Waals surface area (Å²) in [5.74, 6) is 0.653. The highest BCUT2D eigenvalue weighted by Gasteiger charge is 2.59. The summed E-state index contributed by atoms with van der Waals surface area (Å²) < 4.78 is 0. The van der Waals surface area contributed by atoms with Crippen molar-refractivity contribution < 1.29 is 4.79 Å². The molecule has 1 spiro atoms. The van der Waals surface area contributed by atoms with E-state index in [1.54, 1.807) is 0 Å². The summed E-state index contributed by atoms with van der Waals surface area (Å²) >= 11 is 0. The minimum Gasteiger partial charge on any atom is -0.341 e. The van der Waals surface area contributed by atoms with Gasteiger partial charge >= 0.3 is 0 Å². The highest BCUT2D eigenvalue weighted by atomic mass is 16.2. The third-order valence-corrected chi connectivity index (χ3v) is 5.31. The van der Waals surface area contributed by atoms with Crippen molar-refractivity contribution in [1.29, 1.82) is 0 Å². The molecule has 1 atom stereocenters. The van der Waals surface area contributed by atoms with Gasteiger partial charge in [0.05, 0.1) is 0 Å². The number of carbonyl (C=O) groups is 1. The summed E-state index contributed by atoms with van der Waals surface area (Å²) in [5.41, 5.74) is 7.38. The first-order valence-corrected chi connectivity index (χ1v) is 8.28. The molecule has 2 aliphatic rings. The van der Waals surface area contributed by atoms with E-state index in [4.69, 9.17) is 5.73 Å². The van der Waals surface area contributed by atoms with Gasteiger partial charge in [-0.2, -0.15) is 0 Å². The van der Waals surface area contributed by atoms with E-state index in [1.807, 2.05) is 11.0 Å². The van der Waals surface area contributed by atoms with Crippen LogP contribution in [0.25, 0.3) is 0 Å². The van der Waals surface area contributed by atoms with Crippen LogP contribution in [0, 0.1) is 11.3 Å². The van der Waals surface area contributed by atoms with Crippen molar-refractivity contribution in [2.75, 3.05) is 19.6 Å². The van der Waals surface area contributed by atoms with Gasteiger partial charge in [0, 0.05) is 25.6 Å². The molecule has 1 aromatic carbocycles. The average molecular weight is 286 g/mol. The molecule has 114 valence electrons. The number of nitrogens with two attached hydrogens (primary N) is 1. The lowest BCUT2D eigenvalue weighted by Gasteiger charge is -2.23. The summed E-state index contributed by atoms with van der Waals surface area (Å²) in [5, 5.41) is 0. The SMILES string of the molecule is NCCN(CCc1ccccc1)C(=O)C1CC12CCCC2. The molecule has 2 aliphatic carbocycles. The van der Waals surface area contributed by atoms with Crippen LogP contribution < -0.4 is 5.73 Å². The molecular weight excluding hydrogens is 260 g/mol. The highest BCUT2D eigenvalue weighted by Crippen LogP contribution is 2.63. The number of amides is 1. The summed E-state index contributed by atoms with van der Waals surface area (Å²) in [7, 11) is 0. The molecule has 0 bridgehead atoms. The Morgan fingerprint density at radius 2 is 1.90 bits per heavy atom. The van der Waals surface area contributed by atoms with Crippen molar-refractivity contribution in [2.45, 2.75) is 38.5 Å². The Morgan fingerprint density at radius 1 is 1.19 bits per heavy atom. The van der Waals surface area contributed by atoms with Gasteiger partial charge in [0.25, 0.3) is 0 Å². The van der Waals surface area contributed by atoms with Crippen molar-refractivity contribution in [3.63, 3.8) is 0 Å². The number of hydrogen-bond donors (Lipinski definition) is 1. The second-order valence-electron chi connectivity index (χ2n) is 6.68. The molecule has 1 unspecified atom stereocenters. The van der Waals surface area contributed by atoms with Crippen LogP contribution in [0.4, 0.5) is 0 Å². The highest BCUT2D eigenvalue weighted by molar-refractivity contribution is 5.82. The molecule has 0 radical (unpaired) electrons. The second-order valence-corrected chi connectivity index (χ2v) is 6.68. The minimum atomic E-state index is 0.294. The topological polar surface area (TPSA) is 46.3 Å². The van der Waals surface area contributed by atoms with Crippen molar-refractivity contribution in [1.82, 2.24) is 4.90 Å². The molecule has 0 aromatic heterocycles. The third kappa shape index (κ3) is 3.13. The van der Waals surface area contributed by atoms with Crippen molar-refractivity contribution >= 4 is 5.91 Å². The number of nitrogens with zero attached hydrogens (tertiary/aromatic N) is 1. The van der Waals surface area contributed by atoms with Crippen LogP contribution in [-0.2, 0) is 11.2 Å². The Morgan fingerprint density at radius 3 is 2.57 bits per heavy atom. The van der Waals surface area contributed by atoms with Crippen LogP contribution >= 0.6 is 0 Å². The van der Waals surface area contributed by atoms with Crippen LogP contribution in [0.1, 0.15) is 37.7 Å². The fourth-order valence-corrected chi connectivity index (χ4v) is 3.95. The fourth-order valence-electron chi connectivity index (χ4n) is 3.95. The quantitative estimate of drug-likeness (QED) is 0.873.